The van der Waals surface area contributed by atoms with Gasteiger partial charge < -0.3 is 10.6 Å². The van der Waals surface area contributed by atoms with Crippen LogP contribution < -0.4 is 5.73 Å². The van der Waals surface area contributed by atoms with Gasteiger partial charge in [0.05, 0.1) is 0 Å². The molecular formula is C15H33N3. The maximum Gasteiger partial charge on any atom is 0.0355 e. The van der Waals surface area contributed by atoms with Crippen molar-refractivity contribution in [3.63, 3.8) is 0 Å². The monoisotopic (exact) mass is 255 g/mol. The lowest BCUT2D eigenvalue weighted by Gasteiger charge is -2.48. The second-order valence-corrected chi connectivity index (χ2v) is 6.20. The van der Waals surface area contributed by atoms with Crippen LogP contribution in [0.5, 0.6) is 0 Å². The molecule has 1 rings (SSSR count). The summed E-state index contributed by atoms with van der Waals surface area (Å²) in [6, 6.07) is 0. The topological polar surface area (TPSA) is 32.5 Å². The molecule has 0 amide bonds. The number of piperidine rings is 1. The van der Waals surface area contributed by atoms with Gasteiger partial charge in [0, 0.05) is 18.6 Å². The second-order valence-electron chi connectivity index (χ2n) is 6.20. The fourth-order valence-corrected chi connectivity index (χ4v) is 3.32. The van der Waals surface area contributed by atoms with E-state index in [9.17, 15) is 0 Å². The van der Waals surface area contributed by atoms with E-state index < -0.39 is 0 Å². The molecule has 0 bridgehead atoms. The van der Waals surface area contributed by atoms with Crippen molar-refractivity contribution >= 4 is 0 Å². The number of nitrogens with two attached hydrogens (primary N) is 1. The highest BCUT2D eigenvalue weighted by Crippen LogP contribution is 2.28. The van der Waals surface area contributed by atoms with Crippen LogP contribution in [0, 0.1) is 5.92 Å². The zero-order valence-electron chi connectivity index (χ0n) is 12.9. The van der Waals surface area contributed by atoms with Crippen molar-refractivity contribution in [2.75, 3.05) is 39.3 Å². The molecule has 0 aromatic carbocycles. The lowest BCUT2D eigenvalue weighted by molar-refractivity contribution is 0.0270. The summed E-state index contributed by atoms with van der Waals surface area (Å²) in [6.45, 7) is 16.0. The number of likely N-dealkylation sites (N-methyl/N-ethyl adjacent to an activating group) is 1. The lowest BCUT2D eigenvalue weighted by atomic mass is 9.85. The van der Waals surface area contributed by atoms with Crippen LogP contribution in [0.2, 0.25) is 0 Å². The van der Waals surface area contributed by atoms with Gasteiger partial charge in [0.15, 0.2) is 0 Å². The highest BCUT2D eigenvalue weighted by Gasteiger charge is 2.37. The van der Waals surface area contributed by atoms with E-state index in [-0.39, 0.29) is 5.54 Å². The molecule has 3 heteroatoms. The van der Waals surface area contributed by atoms with Gasteiger partial charge in [-0.05, 0) is 51.4 Å². The SMILES string of the molecule is CCCN(CC)C1(CN)CCN(CC(C)C)CC1. The first-order valence-corrected chi connectivity index (χ1v) is 7.75. The Morgan fingerprint density at radius 1 is 1.22 bits per heavy atom. The first kappa shape index (κ1) is 15.9. The maximum atomic E-state index is 6.13. The second kappa shape index (κ2) is 7.46. The zero-order chi connectivity index (χ0) is 13.6. The number of likely N-dealkylation sites (tertiary alicyclic amines) is 1. The fourth-order valence-electron chi connectivity index (χ4n) is 3.32. The van der Waals surface area contributed by atoms with Gasteiger partial charge in [0.1, 0.15) is 0 Å². The minimum Gasteiger partial charge on any atom is -0.329 e. The van der Waals surface area contributed by atoms with Crippen molar-refractivity contribution < 1.29 is 0 Å². The van der Waals surface area contributed by atoms with E-state index >= 15 is 0 Å². The molecule has 0 aliphatic carbocycles. The molecule has 1 aliphatic heterocycles. The van der Waals surface area contributed by atoms with Crippen LogP contribution in [-0.2, 0) is 0 Å². The lowest BCUT2D eigenvalue weighted by Crippen LogP contribution is -2.59. The van der Waals surface area contributed by atoms with Gasteiger partial charge in [-0.3, -0.25) is 4.90 Å². The van der Waals surface area contributed by atoms with Crippen LogP contribution in [0.1, 0.15) is 47.0 Å². The van der Waals surface area contributed by atoms with Crippen molar-refractivity contribution in [2.45, 2.75) is 52.5 Å². The Balaban J connectivity index is 2.58. The number of nitrogens with zero attached hydrogens (tertiary/aromatic N) is 2. The van der Waals surface area contributed by atoms with Crippen LogP contribution >= 0.6 is 0 Å². The molecule has 0 radical (unpaired) electrons. The summed E-state index contributed by atoms with van der Waals surface area (Å²) >= 11 is 0. The minimum atomic E-state index is 0.276. The molecule has 1 saturated heterocycles. The van der Waals surface area contributed by atoms with Crippen molar-refractivity contribution in [1.82, 2.24) is 9.80 Å². The smallest absolute Gasteiger partial charge is 0.0355 e. The van der Waals surface area contributed by atoms with Crippen molar-refractivity contribution in [1.29, 1.82) is 0 Å². The van der Waals surface area contributed by atoms with Gasteiger partial charge in [-0.15, -0.1) is 0 Å². The summed E-state index contributed by atoms with van der Waals surface area (Å²) in [4.78, 5) is 5.23. The Hall–Kier alpha value is -0.120. The van der Waals surface area contributed by atoms with Gasteiger partial charge in [-0.1, -0.05) is 27.7 Å². The molecule has 0 aromatic heterocycles. The molecule has 1 fully saturated rings. The van der Waals surface area contributed by atoms with Gasteiger partial charge in [-0.25, -0.2) is 0 Å². The average molecular weight is 255 g/mol. The Bertz CT molecular complexity index is 220. The van der Waals surface area contributed by atoms with Crippen LogP contribution in [0.4, 0.5) is 0 Å². The molecule has 2 N–H and O–H groups in total. The fraction of sp³-hybridized carbons (Fsp3) is 1.00. The highest BCUT2D eigenvalue weighted by molar-refractivity contribution is 4.96. The van der Waals surface area contributed by atoms with Gasteiger partial charge in [-0.2, -0.15) is 0 Å². The van der Waals surface area contributed by atoms with Crippen LogP contribution in [0.3, 0.4) is 0 Å². The molecule has 0 aromatic rings. The van der Waals surface area contributed by atoms with Crippen LogP contribution in [-0.4, -0.2) is 54.6 Å². The summed E-state index contributed by atoms with van der Waals surface area (Å²) in [5.41, 5.74) is 6.41. The third-order valence-corrected chi connectivity index (χ3v) is 4.34. The van der Waals surface area contributed by atoms with Gasteiger partial charge in [0.2, 0.25) is 0 Å². The Morgan fingerprint density at radius 3 is 2.22 bits per heavy atom. The largest absolute Gasteiger partial charge is 0.329 e. The van der Waals surface area contributed by atoms with Crippen LogP contribution in [0.25, 0.3) is 0 Å². The number of rotatable bonds is 7. The maximum absolute atomic E-state index is 6.13. The normalized spacial score (nSPS) is 20.8. The van der Waals surface area contributed by atoms with E-state index in [1.165, 1.54) is 45.4 Å². The van der Waals surface area contributed by atoms with Crippen molar-refractivity contribution in [3.8, 4) is 0 Å². The Morgan fingerprint density at radius 2 is 1.83 bits per heavy atom. The Kier molecular flexibility index (Phi) is 6.61. The van der Waals surface area contributed by atoms with Gasteiger partial charge in [0.25, 0.3) is 0 Å². The molecule has 18 heavy (non-hydrogen) atoms. The zero-order valence-corrected chi connectivity index (χ0v) is 12.9. The molecular weight excluding hydrogens is 222 g/mol. The van der Waals surface area contributed by atoms with E-state index in [4.69, 9.17) is 5.73 Å². The van der Waals surface area contributed by atoms with E-state index in [2.05, 4.69) is 37.5 Å². The first-order valence-electron chi connectivity index (χ1n) is 7.75. The molecule has 0 spiro atoms. The highest BCUT2D eigenvalue weighted by atomic mass is 15.2. The van der Waals surface area contributed by atoms with E-state index in [1.807, 2.05) is 0 Å². The van der Waals surface area contributed by atoms with E-state index in [0.29, 0.717) is 0 Å². The first-order chi connectivity index (χ1) is 8.57. The predicted molar refractivity (Wildman–Crippen MR) is 79.8 cm³/mol. The molecule has 108 valence electrons. The predicted octanol–water partition coefficient (Wildman–Crippen LogP) is 2.17. The Labute approximate surface area is 114 Å². The van der Waals surface area contributed by atoms with E-state index in [0.717, 1.165) is 19.0 Å². The third-order valence-electron chi connectivity index (χ3n) is 4.34. The summed E-state index contributed by atoms with van der Waals surface area (Å²) in [6.07, 6.45) is 3.71. The summed E-state index contributed by atoms with van der Waals surface area (Å²) in [5.74, 6) is 0.772. The summed E-state index contributed by atoms with van der Waals surface area (Å²) in [7, 11) is 0. The van der Waals surface area contributed by atoms with Gasteiger partial charge >= 0.3 is 0 Å². The summed E-state index contributed by atoms with van der Waals surface area (Å²) in [5, 5.41) is 0. The standard InChI is InChI=1S/C15H33N3/c1-5-9-18(6-2)15(13-16)7-10-17(11-8-15)12-14(3)4/h14H,5-13,16H2,1-4H3. The molecule has 0 atom stereocenters. The molecule has 1 heterocycles. The van der Waals surface area contributed by atoms with E-state index in [1.54, 1.807) is 0 Å². The number of hydrogen-bond donors (Lipinski definition) is 1. The molecule has 1 aliphatic rings. The summed E-state index contributed by atoms with van der Waals surface area (Å²) < 4.78 is 0. The van der Waals surface area contributed by atoms with Crippen molar-refractivity contribution in [2.24, 2.45) is 11.7 Å². The molecule has 0 unspecified atom stereocenters. The average Bonchev–Trinajstić information content (AvgIpc) is 2.37. The number of hydrogen-bond acceptors (Lipinski definition) is 3. The minimum absolute atomic E-state index is 0.276. The molecule has 3 nitrogen and oxygen atoms in total. The molecule has 0 saturated carbocycles. The quantitative estimate of drug-likeness (QED) is 0.757. The third kappa shape index (κ3) is 3.94. The van der Waals surface area contributed by atoms with Crippen LogP contribution in [0.15, 0.2) is 0 Å². The van der Waals surface area contributed by atoms with Crippen molar-refractivity contribution in [3.05, 3.63) is 0 Å².